The van der Waals surface area contributed by atoms with Gasteiger partial charge in [-0.25, -0.2) is 0 Å². The van der Waals surface area contributed by atoms with Crippen LogP contribution in [0.1, 0.15) is 29.3 Å². The molecule has 2 heterocycles. The highest BCUT2D eigenvalue weighted by Gasteiger charge is 2.21. The summed E-state index contributed by atoms with van der Waals surface area (Å²) in [6.45, 7) is 0. The Morgan fingerprint density at radius 3 is 3.15 bits per heavy atom. The molecule has 4 rings (SSSR count). The highest BCUT2D eigenvalue weighted by atomic mass is 32.1. The first-order chi connectivity index (χ1) is 9.92. The highest BCUT2D eigenvalue weighted by molar-refractivity contribution is 7.10. The first-order valence-electron chi connectivity index (χ1n) is 6.95. The minimum Gasteiger partial charge on any atom is -0.376 e. The van der Waals surface area contributed by atoms with Crippen molar-refractivity contribution in [3.05, 3.63) is 52.3 Å². The van der Waals surface area contributed by atoms with Gasteiger partial charge in [0.25, 0.3) is 0 Å². The van der Waals surface area contributed by atoms with Crippen molar-refractivity contribution < 1.29 is 0 Å². The molecule has 0 saturated heterocycles. The Kier molecular flexibility index (Phi) is 2.89. The van der Waals surface area contributed by atoms with E-state index < -0.39 is 0 Å². The van der Waals surface area contributed by atoms with Gasteiger partial charge in [-0.15, -0.1) is 11.3 Å². The summed E-state index contributed by atoms with van der Waals surface area (Å²) < 4.78 is 0. The van der Waals surface area contributed by atoms with E-state index in [2.05, 4.69) is 33.0 Å². The van der Waals surface area contributed by atoms with E-state index in [-0.39, 0.29) is 0 Å². The van der Waals surface area contributed by atoms with Gasteiger partial charge in [0.1, 0.15) is 0 Å². The number of rotatable bonds is 2. The molecule has 0 radical (unpaired) electrons. The number of nitrogens with zero attached hydrogens (tertiary/aromatic N) is 2. The number of hydrogen-bond acceptors (Lipinski definition) is 4. The molecule has 0 saturated carbocycles. The number of thiophene rings is 1. The van der Waals surface area contributed by atoms with Gasteiger partial charge in [-0.1, -0.05) is 18.2 Å². The van der Waals surface area contributed by atoms with E-state index in [1.54, 1.807) is 0 Å². The van der Waals surface area contributed by atoms with Crippen LogP contribution in [-0.2, 0) is 6.42 Å². The van der Waals surface area contributed by atoms with Crippen molar-refractivity contribution in [1.29, 1.82) is 0 Å². The third-order valence-electron chi connectivity index (χ3n) is 3.93. The molecule has 1 atom stereocenters. The predicted octanol–water partition coefficient (Wildman–Crippen LogP) is 4.18. The van der Waals surface area contributed by atoms with Crippen LogP contribution in [0.25, 0.3) is 10.9 Å². The average Bonchev–Trinajstić information content (AvgIpc) is 2.97. The second-order valence-electron chi connectivity index (χ2n) is 5.16. The van der Waals surface area contributed by atoms with Crippen molar-refractivity contribution in [2.24, 2.45) is 0 Å². The Balaban J connectivity index is 1.73. The van der Waals surface area contributed by atoms with Crippen LogP contribution in [0.5, 0.6) is 0 Å². The minimum atomic E-state index is 0.401. The number of hydrogen-bond donors (Lipinski definition) is 1. The molecule has 100 valence electrons. The average molecular weight is 281 g/mol. The van der Waals surface area contributed by atoms with Crippen LogP contribution < -0.4 is 5.32 Å². The molecule has 1 N–H and O–H groups in total. The highest BCUT2D eigenvalue weighted by Crippen LogP contribution is 2.36. The molecule has 0 bridgehead atoms. The summed E-state index contributed by atoms with van der Waals surface area (Å²) in [6, 6.07) is 10.8. The monoisotopic (exact) mass is 281 g/mol. The maximum atomic E-state index is 4.18. The molecule has 0 fully saturated rings. The van der Waals surface area contributed by atoms with Gasteiger partial charge in [-0.3, -0.25) is 0 Å². The van der Waals surface area contributed by atoms with E-state index in [1.807, 2.05) is 35.7 Å². The second kappa shape index (κ2) is 4.87. The summed E-state index contributed by atoms with van der Waals surface area (Å²) in [4.78, 5) is 1.53. The second-order valence-corrected chi connectivity index (χ2v) is 6.16. The fraction of sp³-hybridized carbons (Fsp3) is 0.250. The molecule has 4 heteroatoms. The number of fused-ring (bicyclic) bond motifs is 2. The molecule has 3 nitrogen and oxygen atoms in total. The molecular weight excluding hydrogens is 266 g/mol. The van der Waals surface area contributed by atoms with Crippen molar-refractivity contribution >= 4 is 27.9 Å². The van der Waals surface area contributed by atoms with Gasteiger partial charge in [0, 0.05) is 10.3 Å². The zero-order chi connectivity index (χ0) is 13.4. The van der Waals surface area contributed by atoms with E-state index in [4.69, 9.17) is 0 Å². The fourth-order valence-electron chi connectivity index (χ4n) is 2.95. The Labute approximate surface area is 121 Å². The number of aryl methyl sites for hydroxylation is 1. The van der Waals surface area contributed by atoms with Crippen LogP contribution in [0, 0.1) is 0 Å². The lowest BCUT2D eigenvalue weighted by Crippen LogP contribution is -2.16. The summed E-state index contributed by atoms with van der Waals surface area (Å²) >= 11 is 1.88. The molecule has 1 aliphatic rings. The van der Waals surface area contributed by atoms with E-state index >= 15 is 0 Å². The zero-order valence-electron chi connectivity index (χ0n) is 11.0. The number of anilines is 1. The largest absolute Gasteiger partial charge is 0.376 e. The van der Waals surface area contributed by atoms with Crippen molar-refractivity contribution in [3.8, 4) is 0 Å². The number of nitrogens with one attached hydrogen (secondary N) is 1. The molecule has 1 aromatic carbocycles. The summed E-state index contributed by atoms with van der Waals surface area (Å²) in [5.41, 5.74) is 3.49. The van der Waals surface area contributed by atoms with Crippen molar-refractivity contribution in [2.75, 3.05) is 5.32 Å². The SMILES string of the molecule is c1ccc2c(NC3CCCc4sccc43)cnnc2c1. The smallest absolute Gasteiger partial charge is 0.0950 e. The Hall–Kier alpha value is -1.94. The Morgan fingerprint density at radius 2 is 2.15 bits per heavy atom. The summed E-state index contributed by atoms with van der Waals surface area (Å²) in [7, 11) is 0. The molecule has 2 aromatic heterocycles. The van der Waals surface area contributed by atoms with Crippen LogP contribution in [0.4, 0.5) is 5.69 Å². The molecule has 0 amide bonds. The number of benzene rings is 1. The van der Waals surface area contributed by atoms with Crippen LogP contribution in [0.2, 0.25) is 0 Å². The fourth-order valence-corrected chi connectivity index (χ4v) is 3.93. The van der Waals surface area contributed by atoms with Crippen LogP contribution in [0.3, 0.4) is 0 Å². The molecule has 0 aliphatic heterocycles. The van der Waals surface area contributed by atoms with Gasteiger partial charge >= 0.3 is 0 Å². The van der Waals surface area contributed by atoms with Gasteiger partial charge in [0.2, 0.25) is 0 Å². The molecule has 3 aromatic rings. The molecular formula is C16H15N3S. The Morgan fingerprint density at radius 1 is 1.20 bits per heavy atom. The minimum absolute atomic E-state index is 0.401. The zero-order valence-corrected chi connectivity index (χ0v) is 11.9. The molecule has 0 spiro atoms. The first kappa shape index (κ1) is 11.9. The predicted molar refractivity (Wildman–Crippen MR) is 83.2 cm³/mol. The van der Waals surface area contributed by atoms with Crippen molar-refractivity contribution in [2.45, 2.75) is 25.3 Å². The topological polar surface area (TPSA) is 37.8 Å². The first-order valence-corrected chi connectivity index (χ1v) is 7.83. The standard InChI is InChI=1S/C16H15N3S/c1-2-5-14-11(4-1)15(10-17-19-14)18-13-6-3-7-16-12(13)8-9-20-16/h1-2,4-5,8-10,13H,3,6-7H2,(H,18,19). The maximum absolute atomic E-state index is 4.18. The normalized spacial score (nSPS) is 17.9. The summed E-state index contributed by atoms with van der Waals surface area (Å²) in [5, 5.41) is 15.3. The van der Waals surface area contributed by atoms with E-state index in [0.29, 0.717) is 6.04 Å². The third kappa shape index (κ3) is 1.96. The molecule has 1 aliphatic carbocycles. The van der Waals surface area contributed by atoms with E-state index in [1.165, 1.54) is 29.7 Å². The van der Waals surface area contributed by atoms with Gasteiger partial charge in [0.05, 0.1) is 23.4 Å². The van der Waals surface area contributed by atoms with E-state index in [0.717, 1.165) is 16.6 Å². The van der Waals surface area contributed by atoms with Crippen LogP contribution in [0.15, 0.2) is 41.9 Å². The van der Waals surface area contributed by atoms with Gasteiger partial charge in [-0.2, -0.15) is 10.2 Å². The van der Waals surface area contributed by atoms with Gasteiger partial charge in [-0.05, 0) is 42.3 Å². The molecule has 20 heavy (non-hydrogen) atoms. The maximum Gasteiger partial charge on any atom is 0.0950 e. The van der Waals surface area contributed by atoms with Gasteiger partial charge in [0.15, 0.2) is 0 Å². The Bertz CT molecular complexity index is 745. The summed E-state index contributed by atoms with van der Waals surface area (Å²) in [6.07, 6.45) is 5.49. The summed E-state index contributed by atoms with van der Waals surface area (Å²) in [5.74, 6) is 0. The van der Waals surface area contributed by atoms with Crippen LogP contribution in [-0.4, -0.2) is 10.2 Å². The van der Waals surface area contributed by atoms with E-state index in [9.17, 15) is 0 Å². The third-order valence-corrected chi connectivity index (χ3v) is 4.92. The lowest BCUT2D eigenvalue weighted by molar-refractivity contribution is 0.609. The van der Waals surface area contributed by atoms with Crippen LogP contribution >= 0.6 is 11.3 Å². The quantitative estimate of drug-likeness (QED) is 0.765. The lowest BCUT2D eigenvalue weighted by atomic mass is 9.94. The van der Waals surface area contributed by atoms with Crippen molar-refractivity contribution in [1.82, 2.24) is 10.2 Å². The lowest BCUT2D eigenvalue weighted by Gasteiger charge is -2.25. The van der Waals surface area contributed by atoms with Crippen molar-refractivity contribution in [3.63, 3.8) is 0 Å². The number of aromatic nitrogens is 2. The van der Waals surface area contributed by atoms with Gasteiger partial charge < -0.3 is 5.32 Å². The molecule has 1 unspecified atom stereocenters.